The fourth-order valence-corrected chi connectivity index (χ4v) is 3.22. The van der Waals surface area contributed by atoms with Gasteiger partial charge in [0.2, 0.25) is 0 Å². The number of rotatable bonds is 6. The minimum Gasteiger partial charge on any atom is -0.366 e. The molecule has 0 bridgehead atoms. The van der Waals surface area contributed by atoms with Crippen molar-refractivity contribution in [3.63, 3.8) is 0 Å². The van der Waals surface area contributed by atoms with E-state index in [0.29, 0.717) is 0 Å². The molecule has 1 N–H and O–H groups in total. The number of piperazine rings is 1. The first-order chi connectivity index (χ1) is 11.7. The number of hydrogen-bond acceptors (Lipinski definition) is 4. The summed E-state index contributed by atoms with van der Waals surface area (Å²) in [7, 11) is 0. The van der Waals surface area contributed by atoms with Crippen LogP contribution in [0.1, 0.15) is 23.7 Å². The molecule has 2 aromatic rings. The van der Waals surface area contributed by atoms with Crippen molar-refractivity contribution >= 4 is 5.82 Å². The molecule has 0 radical (unpaired) electrons. The molecule has 4 nitrogen and oxygen atoms in total. The Bertz CT molecular complexity index is 648. The van der Waals surface area contributed by atoms with Gasteiger partial charge in [0.05, 0.1) is 0 Å². The van der Waals surface area contributed by atoms with Crippen molar-refractivity contribution in [1.29, 1.82) is 0 Å². The molecule has 0 amide bonds. The molecule has 0 atom stereocenters. The number of aryl methyl sites for hydroxylation is 1. The Kier molecular flexibility index (Phi) is 5.83. The molecule has 1 aromatic heterocycles. The van der Waals surface area contributed by atoms with Crippen LogP contribution in [-0.2, 0) is 13.1 Å². The number of pyridine rings is 1. The van der Waals surface area contributed by atoms with E-state index in [-0.39, 0.29) is 0 Å². The summed E-state index contributed by atoms with van der Waals surface area (Å²) < 4.78 is 0. The molecule has 1 aliphatic heterocycles. The highest BCUT2D eigenvalue weighted by Crippen LogP contribution is 2.15. The Hall–Kier alpha value is -1.91. The van der Waals surface area contributed by atoms with Crippen LogP contribution in [0.25, 0.3) is 0 Å². The molecule has 24 heavy (non-hydrogen) atoms. The average molecular weight is 324 g/mol. The molecule has 1 fully saturated rings. The van der Waals surface area contributed by atoms with Gasteiger partial charge in [-0.05, 0) is 36.7 Å². The molecule has 1 saturated heterocycles. The predicted octanol–water partition coefficient (Wildman–Crippen LogP) is 3.14. The van der Waals surface area contributed by atoms with E-state index >= 15 is 0 Å². The smallest absolute Gasteiger partial charge is 0.126 e. The van der Waals surface area contributed by atoms with Crippen LogP contribution in [0.2, 0.25) is 0 Å². The summed E-state index contributed by atoms with van der Waals surface area (Å²) in [6, 6.07) is 14.8. The third-order valence-corrected chi connectivity index (χ3v) is 4.77. The SMILES string of the molecule is CCN1CCN(Cc2ccccc2CNc2cccc(C)n2)CC1. The van der Waals surface area contributed by atoms with E-state index in [4.69, 9.17) is 0 Å². The summed E-state index contributed by atoms with van der Waals surface area (Å²) in [5, 5.41) is 3.46. The number of nitrogens with zero attached hydrogens (tertiary/aromatic N) is 3. The molecule has 1 aliphatic rings. The highest BCUT2D eigenvalue weighted by Gasteiger charge is 2.16. The van der Waals surface area contributed by atoms with Gasteiger partial charge in [0.1, 0.15) is 5.82 Å². The summed E-state index contributed by atoms with van der Waals surface area (Å²) in [6.45, 7) is 12.0. The third-order valence-electron chi connectivity index (χ3n) is 4.77. The van der Waals surface area contributed by atoms with Crippen LogP contribution in [-0.4, -0.2) is 47.5 Å². The summed E-state index contributed by atoms with van der Waals surface area (Å²) in [5.74, 6) is 0.946. The zero-order valence-electron chi connectivity index (χ0n) is 14.8. The Morgan fingerprint density at radius 3 is 2.33 bits per heavy atom. The molecular formula is C20H28N4. The Morgan fingerprint density at radius 2 is 1.62 bits per heavy atom. The van der Waals surface area contributed by atoms with Gasteiger partial charge < -0.3 is 10.2 Å². The highest BCUT2D eigenvalue weighted by molar-refractivity contribution is 5.38. The molecular weight excluding hydrogens is 296 g/mol. The van der Waals surface area contributed by atoms with Gasteiger partial charge >= 0.3 is 0 Å². The molecule has 128 valence electrons. The zero-order valence-corrected chi connectivity index (χ0v) is 14.8. The van der Waals surface area contributed by atoms with Gasteiger partial charge in [-0.1, -0.05) is 37.3 Å². The van der Waals surface area contributed by atoms with Crippen molar-refractivity contribution in [3.8, 4) is 0 Å². The number of likely N-dealkylation sites (N-methyl/N-ethyl adjacent to an activating group) is 1. The first kappa shape index (κ1) is 16.9. The highest BCUT2D eigenvalue weighted by atomic mass is 15.3. The van der Waals surface area contributed by atoms with Gasteiger partial charge in [-0.3, -0.25) is 4.90 Å². The van der Waals surface area contributed by atoms with E-state index in [2.05, 4.69) is 51.3 Å². The Labute approximate surface area is 145 Å². The number of aromatic nitrogens is 1. The van der Waals surface area contributed by atoms with Gasteiger partial charge in [-0.15, -0.1) is 0 Å². The average Bonchev–Trinajstić information content (AvgIpc) is 2.62. The minimum atomic E-state index is 0.821. The van der Waals surface area contributed by atoms with Crippen molar-refractivity contribution in [2.45, 2.75) is 26.9 Å². The third kappa shape index (κ3) is 4.56. The van der Waals surface area contributed by atoms with Crippen molar-refractivity contribution in [1.82, 2.24) is 14.8 Å². The van der Waals surface area contributed by atoms with Crippen molar-refractivity contribution in [3.05, 3.63) is 59.3 Å². The number of anilines is 1. The number of nitrogens with one attached hydrogen (secondary N) is 1. The number of benzene rings is 1. The van der Waals surface area contributed by atoms with Crippen LogP contribution >= 0.6 is 0 Å². The Balaban J connectivity index is 1.61. The normalized spacial score (nSPS) is 16.2. The van der Waals surface area contributed by atoms with E-state index in [0.717, 1.165) is 44.2 Å². The zero-order chi connectivity index (χ0) is 16.8. The van der Waals surface area contributed by atoms with Crippen molar-refractivity contribution in [2.75, 3.05) is 38.0 Å². The largest absolute Gasteiger partial charge is 0.366 e. The lowest BCUT2D eigenvalue weighted by Gasteiger charge is -2.34. The van der Waals surface area contributed by atoms with E-state index in [1.807, 2.05) is 25.1 Å². The maximum atomic E-state index is 4.52. The molecule has 0 aliphatic carbocycles. The lowest BCUT2D eigenvalue weighted by molar-refractivity contribution is 0.131. The molecule has 3 rings (SSSR count). The quantitative estimate of drug-likeness (QED) is 0.884. The van der Waals surface area contributed by atoms with Crippen molar-refractivity contribution in [2.24, 2.45) is 0 Å². The summed E-state index contributed by atoms with van der Waals surface area (Å²) in [4.78, 5) is 9.61. The standard InChI is InChI=1S/C20H28N4/c1-3-23-11-13-24(14-12-23)16-19-9-5-4-8-18(19)15-21-20-10-6-7-17(2)22-20/h4-10H,3,11-16H2,1-2H3,(H,21,22). The van der Waals surface area contributed by atoms with Crippen LogP contribution < -0.4 is 5.32 Å². The monoisotopic (exact) mass is 324 g/mol. The van der Waals surface area contributed by atoms with E-state index in [9.17, 15) is 0 Å². The second-order valence-corrected chi connectivity index (χ2v) is 6.50. The summed E-state index contributed by atoms with van der Waals surface area (Å²) in [5.41, 5.74) is 3.82. The van der Waals surface area contributed by atoms with Gasteiger partial charge in [-0.25, -0.2) is 4.98 Å². The molecule has 4 heteroatoms. The maximum absolute atomic E-state index is 4.52. The molecule has 0 spiro atoms. The number of hydrogen-bond donors (Lipinski definition) is 1. The summed E-state index contributed by atoms with van der Waals surface area (Å²) in [6.07, 6.45) is 0. The van der Waals surface area contributed by atoms with E-state index < -0.39 is 0 Å². The predicted molar refractivity (Wildman–Crippen MR) is 100 cm³/mol. The maximum Gasteiger partial charge on any atom is 0.126 e. The van der Waals surface area contributed by atoms with Gasteiger partial charge in [0.15, 0.2) is 0 Å². The van der Waals surface area contributed by atoms with Crippen molar-refractivity contribution < 1.29 is 0 Å². The van der Waals surface area contributed by atoms with Gasteiger partial charge in [0, 0.05) is 45.0 Å². The fourth-order valence-electron chi connectivity index (χ4n) is 3.22. The second-order valence-electron chi connectivity index (χ2n) is 6.50. The molecule has 1 aromatic carbocycles. The fraction of sp³-hybridized carbons (Fsp3) is 0.450. The molecule has 2 heterocycles. The van der Waals surface area contributed by atoms with Crippen LogP contribution in [0.15, 0.2) is 42.5 Å². The second kappa shape index (κ2) is 8.27. The van der Waals surface area contributed by atoms with E-state index in [1.54, 1.807) is 0 Å². The topological polar surface area (TPSA) is 31.4 Å². The first-order valence-electron chi connectivity index (χ1n) is 8.93. The van der Waals surface area contributed by atoms with Gasteiger partial charge in [0.25, 0.3) is 0 Å². The first-order valence-corrected chi connectivity index (χ1v) is 8.93. The minimum absolute atomic E-state index is 0.821. The lowest BCUT2D eigenvalue weighted by atomic mass is 10.1. The van der Waals surface area contributed by atoms with Crippen LogP contribution in [0.3, 0.4) is 0 Å². The van der Waals surface area contributed by atoms with Crippen LogP contribution in [0.4, 0.5) is 5.82 Å². The lowest BCUT2D eigenvalue weighted by Crippen LogP contribution is -2.45. The summed E-state index contributed by atoms with van der Waals surface area (Å²) >= 11 is 0. The van der Waals surface area contributed by atoms with Crippen LogP contribution in [0.5, 0.6) is 0 Å². The molecule has 0 unspecified atom stereocenters. The van der Waals surface area contributed by atoms with Crippen LogP contribution in [0, 0.1) is 6.92 Å². The Morgan fingerprint density at radius 1 is 0.917 bits per heavy atom. The van der Waals surface area contributed by atoms with Gasteiger partial charge in [-0.2, -0.15) is 0 Å². The van der Waals surface area contributed by atoms with E-state index in [1.165, 1.54) is 24.2 Å². The molecule has 0 saturated carbocycles.